The fourth-order valence-electron chi connectivity index (χ4n) is 2.21. The average molecular weight is 282 g/mol. The molecule has 3 rings (SSSR count). The van der Waals surface area contributed by atoms with Crippen LogP contribution in [-0.4, -0.2) is 20.8 Å². The molecule has 1 heterocycles. The number of aromatic nitrogens is 1. The Kier molecular flexibility index (Phi) is 2.91. The first kappa shape index (κ1) is 12.9. The molecule has 2 aromatic carbocycles. The summed E-state index contributed by atoms with van der Waals surface area (Å²) in [6, 6.07) is 10.2. The van der Waals surface area contributed by atoms with Crippen molar-refractivity contribution in [3.05, 3.63) is 69.9 Å². The number of rotatable bonds is 3. The molecule has 0 saturated carbocycles. The van der Waals surface area contributed by atoms with Gasteiger partial charge in [-0.3, -0.25) is 14.9 Å². The van der Waals surface area contributed by atoms with Crippen LogP contribution < -0.4 is 0 Å². The largest absolute Gasteiger partial charge is 0.508 e. The van der Waals surface area contributed by atoms with Gasteiger partial charge in [-0.1, -0.05) is 12.1 Å². The van der Waals surface area contributed by atoms with Gasteiger partial charge < -0.3 is 10.1 Å². The van der Waals surface area contributed by atoms with E-state index in [-0.39, 0.29) is 22.8 Å². The summed E-state index contributed by atoms with van der Waals surface area (Å²) in [6.45, 7) is 0. The normalized spacial score (nSPS) is 10.7. The second-order valence-corrected chi connectivity index (χ2v) is 4.57. The summed E-state index contributed by atoms with van der Waals surface area (Å²) in [5.41, 5.74) is 1.17. The summed E-state index contributed by atoms with van der Waals surface area (Å²) >= 11 is 0. The van der Waals surface area contributed by atoms with E-state index < -0.39 is 4.92 Å². The van der Waals surface area contributed by atoms with Crippen molar-refractivity contribution in [3.8, 4) is 5.75 Å². The van der Waals surface area contributed by atoms with Gasteiger partial charge >= 0.3 is 0 Å². The van der Waals surface area contributed by atoms with Crippen LogP contribution in [0.5, 0.6) is 5.75 Å². The van der Waals surface area contributed by atoms with Crippen LogP contribution in [0.4, 0.5) is 5.69 Å². The van der Waals surface area contributed by atoms with E-state index in [2.05, 4.69) is 4.98 Å². The van der Waals surface area contributed by atoms with Gasteiger partial charge in [0.05, 0.1) is 4.92 Å². The zero-order valence-corrected chi connectivity index (χ0v) is 10.7. The lowest BCUT2D eigenvalue weighted by Gasteiger charge is -2.00. The third kappa shape index (κ3) is 2.23. The van der Waals surface area contributed by atoms with Crippen LogP contribution in [0.15, 0.2) is 48.7 Å². The summed E-state index contributed by atoms with van der Waals surface area (Å²) in [5.74, 6) is -0.286. The number of fused-ring (bicyclic) bond motifs is 1. The standard InChI is InChI=1S/C15H10N2O4/c18-11-4-5-14-12(7-11)13(8-16-14)15(19)9-2-1-3-10(6-9)17(20)21/h1-8,16,18H. The van der Waals surface area contributed by atoms with Crippen molar-refractivity contribution in [2.45, 2.75) is 0 Å². The summed E-state index contributed by atoms with van der Waals surface area (Å²) in [6.07, 6.45) is 1.53. The molecule has 2 N–H and O–H groups in total. The van der Waals surface area contributed by atoms with Gasteiger partial charge in [0.25, 0.3) is 5.69 Å². The van der Waals surface area contributed by atoms with Gasteiger partial charge in [0.15, 0.2) is 5.78 Å². The molecule has 0 radical (unpaired) electrons. The highest BCUT2D eigenvalue weighted by atomic mass is 16.6. The Morgan fingerprint density at radius 2 is 2.00 bits per heavy atom. The van der Waals surface area contributed by atoms with E-state index in [0.29, 0.717) is 16.5 Å². The van der Waals surface area contributed by atoms with Crippen molar-refractivity contribution >= 4 is 22.4 Å². The molecule has 0 unspecified atom stereocenters. The smallest absolute Gasteiger partial charge is 0.270 e. The molecule has 6 nitrogen and oxygen atoms in total. The van der Waals surface area contributed by atoms with Crippen molar-refractivity contribution < 1.29 is 14.8 Å². The molecule has 6 heteroatoms. The fourth-order valence-corrected chi connectivity index (χ4v) is 2.21. The number of aromatic amines is 1. The van der Waals surface area contributed by atoms with Crippen LogP contribution in [-0.2, 0) is 0 Å². The predicted octanol–water partition coefficient (Wildman–Crippen LogP) is 3.01. The first-order valence-electron chi connectivity index (χ1n) is 6.15. The van der Waals surface area contributed by atoms with Crippen LogP contribution in [0.3, 0.4) is 0 Å². The van der Waals surface area contributed by atoms with Crippen LogP contribution in [0, 0.1) is 10.1 Å². The number of hydrogen-bond donors (Lipinski definition) is 2. The molecule has 104 valence electrons. The van der Waals surface area contributed by atoms with Gasteiger partial charge in [-0.15, -0.1) is 0 Å². The molecule has 0 bridgehead atoms. The minimum atomic E-state index is -0.544. The number of carbonyl (C=O) groups is 1. The second-order valence-electron chi connectivity index (χ2n) is 4.57. The third-order valence-electron chi connectivity index (χ3n) is 3.23. The molecule has 0 aliphatic heterocycles. The topological polar surface area (TPSA) is 96.2 Å². The number of nitro benzene ring substituents is 1. The van der Waals surface area contributed by atoms with Crippen molar-refractivity contribution in [3.63, 3.8) is 0 Å². The maximum atomic E-state index is 12.5. The van der Waals surface area contributed by atoms with Crippen LogP contribution in [0.25, 0.3) is 10.9 Å². The van der Waals surface area contributed by atoms with Crippen LogP contribution in [0.1, 0.15) is 15.9 Å². The highest BCUT2D eigenvalue weighted by Crippen LogP contribution is 2.25. The van der Waals surface area contributed by atoms with Crippen molar-refractivity contribution in [1.29, 1.82) is 0 Å². The molecule has 21 heavy (non-hydrogen) atoms. The Morgan fingerprint density at radius 1 is 1.19 bits per heavy atom. The lowest BCUT2D eigenvalue weighted by atomic mass is 10.0. The summed E-state index contributed by atoms with van der Waals surface area (Å²) < 4.78 is 0. The number of non-ortho nitro benzene ring substituents is 1. The van der Waals surface area contributed by atoms with Gasteiger partial charge in [-0.25, -0.2) is 0 Å². The monoisotopic (exact) mass is 282 g/mol. The van der Waals surface area contributed by atoms with Crippen LogP contribution >= 0.6 is 0 Å². The lowest BCUT2D eigenvalue weighted by Crippen LogP contribution is -2.01. The number of phenols is 1. The third-order valence-corrected chi connectivity index (χ3v) is 3.23. The summed E-state index contributed by atoms with van der Waals surface area (Å²) in [7, 11) is 0. The summed E-state index contributed by atoms with van der Waals surface area (Å²) in [5, 5.41) is 20.9. The summed E-state index contributed by atoms with van der Waals surface area (Å²) in [4.78, 5) is 25.7. The lowest BCUT2D eigenvalue weighted by molar-refractivity contribution is -0.384. The Morgan fingerprint density at radius 3 is 2.76 bits per heavy atom. The van der Waals surface area contributed by atoms with Gasteiger partial charge in [0.2, 0.25) is 0 Å². The van der Waals surface area contributed by atoms with Gasteiger partial charge in [-0.2, -0.15) is 0 Å². The van der Waals surface area contributed by atoms with Crippen molar-refractivity contribution in [2.24, 2.45) is 0 Å². The quantitative estimate of drug-likeness (QED) is 0.438. The van der Waals surface area contributed by atoms with Crippen molar-refractivity contribution in [2.75, 3.05) is 0 Å². The number of phenolic OH excluding ortho intramolecular Hbond substituents is 1. The van der Waals surface area contributed by atoms with Gasteiger partial charge in [-0.05, 0) is 18.2 Å². The van der Waals surface area contributed by atoms with E-state index in [1.807, 2.05) is 0 Å². The predicted molar refractivity (Wildman–Crippen MR) is 76.5 cm³/mol. The van der Waals surface area contributed by atoms with Crippen LogP contribution in [0.2, 0.25) is 0 Å². The van der Waals surface area contributed by atoms with E-state index in [1.54, 1.807) is 6.07 Å². The number of carbonyl (C=O) groups excluding carboxylic acids is 1. The Labute approximate surface area is 118 Å². The van der Waals surface area contributed by atoms with E-state index in [1.165, 1.54) is 42.6 Å². The Balaban J connectivity index is 2.10. The van der Waals surface area contributed by atoms with E-state index >= 15 is 0 Å². The highest BCUT2D eigenvalue weighted by Gasteiger charge is 2.17. The first-order chi connectivity index (χ1) is 10.1. The molecular formula is C15H10N2O4. The minimum absolute atomic E-state index is 0.0511. The number of nitro groups is 1. The zero-order chi connectivity index (χ0) is 15.0. The number of aromatic hydroxyl groups is 1. The maximum absolute atomic E-state index is 12.5. The van der Waals surface area contributed by atoms with Gasteiger partial charge in [0, 0.05) is 40.4 Å². The number of H-pyrrole nitrogens is 1. The molecule has 0 aliphatic carbocycles. The van der Waals surface area contributed by atoms with Gasteiger partial charge in [0.1, 0.15) is 5.75 Å². The SMILES string of the molecule is O=C(c1cccc([N+](=O)[O-])c1)c1c[nH]c2ccc(O)cc12. The Hall–Kier alpha value is -3.15. The first-order valence-corrected chi connectivity index (χ1v) is 6.15. The second kappa shape index (κ2) is 4.75. The molecule has 0 saturated heterocycles. The van der Waals surface area contributed by atoms with E-state index in [4.69, 9.17) is 0 Å². The minimum Gasteiger partial charge on any atom is -0.508 e. The van der Waals surface area contributed by atoms with E-state index in [9.17, 15) is 20.0 Å². The molecule has 0 amide bonds. The average Bonchev–Trinajstić information content (AvgIpc) is 2.89. The highest BCUT2D eigenvalue weighted by molar-refractivity contribution is 6.16. The molecular weight excluding hydrogens is 272 g/mol. The molecule has 0 fully saturated rings. The molecule has 0 aliphatic rings. The number of ketones is 1. The number of nitrogens with zero attached hydrogens (tertiary/aromatic N) is 1. The zero-order valence-electron chi connectivity index (χ0n) is 10.7. The van der Waals surface area contributed by atoms with E-state index in [0.717, 1.165) is 0 Å². The van der Waals surface area contributed by atoms with Crippen molar-refractivity contribution in [1.82, 2.24) is 4.98 Å². The Bertz CT molecular complexity index is 867. The number of hydrogen-bond acceptors (Lipinski definition) is 4. The maximum Gasteiger partial charge on any atom is 0.270 e. The molecule has 3 aromatic rings. The molecule has 0 spiro atoms. The number of benzene rings is 2. The molecule has 1 aromatic heterocycles. The molecule has 0 atom stereocenters. The number of nitrogens with one attached hydrogen (secondary N) is 1. The fraction of sp³-hybridized carbons (Fsp3) is 0.